The summed E-state index contributed by atoms with van der Waals surface area (Å²) in [5.74, 6) is -2.17. The fraction of sp³-hybridized carbons (Fsp3) is 0.263. The number of nitrogens with zero attached hydrogens (tertiary/aromatic N) is 1. The number of esters is 1. The Kier molecular flexibility index (Phi) is 4.79. The molecule has 1 aliphatic heterocycles. The molecular weight excluding hydrogens is 341 g/mol. The first-order valence-electron chi connectivity index (χ1n) is 8.02. The Morgan fingerprint density at radius 1 is 1.15 bits per heavy atom. The molecule has 7 heteroatoms. The number of halogens is 1. The average Bonchev–Trinajstić information content (AvgIpc) is 3.16. The van der Waals surface area contributed by atoms with E-state index >= 15 is 0 Å². The molecule has 0 radical (unpaired) electrons. The van der Waals surface area contributed by atoms with Gasteiger partial charge in [0.2, 0.25) is 11.5 Å². The number of carbonyl (C=O) groups is 2. The SMILES string of the molecule is CC1(C)OC(=O)/C(=C/C(=O)N(Cc2ccc(F)cc2)Cc2ccco2)O1. The molecule has 3 rings (SSSR count). The predicted molar refractivity (Wildman–Crippen MR) is 88.7 cm³/mol. The maximum atomic E-state index is 13.1. The highest BCUT2D eigenvalue weighted by molar-refractivity contribution is 5.98. The van der Waals surface area contributed by atoms with Crippen LogP contribution in [0.1, 0.15) is 25.2 Å². The number of carbonyl (C=O) groups excluding carboxylic acids is 2. The lowest BCUT2D eigenvalue weighted by atomic mass is 10.2. The minimum atomic E-state index is -1.11. The molecule has 0 bridgehead atoms. The molecule has 1 saturated heterocycles. The van der Waals surface area contributed by atoms with E-state index in [2.05, 4.69) is 0 Å². The van der Waals surface area contributed by atoms with E-state index in [4.69, 9.17) is 13.9 Å². The molecule has 1 aliphatic rings. The Morgan fingerprint density at radius 3 is 2.46 bits per heavy atom. The van der Waals surface area contributed by atoms with Crippen LogP contribution in [0.15, 0.2) is 58.9 Å². The summed E-state index contributed by atoms with van der Waals surface area (Å²) in [7, 11) is 0. The van der Waals surface area contributed by atoms with Gasteiger partial charge in [-0.2, -0.15) is 0 Å². The van der Waals surface area contributed by atoms with Gasteiger partial charge in [-0.05, 0) is 29.8 Å². The van der Waals surface area contributed by atoms with Gasteiger partial charge in [0.25, 0.3) is 5.91 Å². The predicted octanol–water partition coefficient (Wildman–Crippen LogP) is 3.14. The summed E-state index contributed by atoms with van der Waals surface area (Å²) in [6.45, 7) is 3.55. The van der Waals surface area contributed by atoms with E-state index in [1.807, 2.05) is 0 Å². The number of hydrogen-bond acceptors (Lipinski definition) is 5. The van der Waals surface area contributed by atoms with Crippen LogP contribution in [0.2, 0.25) is 0 Å². The lowest BCUT2D eigenvalue weighted by molar-refractivity contribution is -0.159. The molecule has 0 aliphatic carbocycles. The molecule has 0 N–H and O–H groups in total. The quantitative estimate of drug-likeness (QED) is 0.606. The number of rotatable bonds is 5. The van der Waals surface area contributed by atoms with Gasteiger partial charge in [-0.1, -0.05) is 12.1 Å². The van der Waals surface area contributed by atoms with Gasteiger partial charge in [-0.25, -0.2) is 9.18 Å². The molecule has 0 atom stereocenters. The Bertz CT molecular complexity index is 824. The van der Waals surface area contributed by atoms with Crippen molar-refractivity contribution < 1.29 is 27.9 Å². The molecule has 0 unspecified atom stereocenters. The molecule has 2 heterocycles. The Labute approximate surface area is 149 Å². The summed E-state index contributed by atoms with van der Waals surface area (Å²) in [4.78, 5) is 26.0. The molecule has 1 aromatic carbocycles. The van der Waals surface area contributed by atoms with Gasteiger partial charge >= 0.3 is 5.97 Å². The van der Waals surface area contributed by atoms with Crippen LogP contribution in [-0.4, -0.2) is 22.6 Å². The number of ether oxygens (including phenoxy) is 2. The van der Waals surface area contributed by atoms with Gasteiger partial charge in [0.1, 0.15) is 11.6 Å². The van der Waals surface area contributed by atoms with Crippen molar-refractivity contribution >= 4 is 11.9 Å². The lowest BCUT2D eigenvalue weighted by Crippen LogP contribution is -2.29. The second kappa shape index (κ2) is 7.03. The third-order valence-corrected chi connectivity index (χ3v) is 3.68. The van der Waals surface area contributed by atoms with Crippen LogP contribution < -0.4 is 0 Å². The van der Waals surface area contributed by atoms with Crippen molar-refractivity contribution in [1.29, 1.82) is 0 Å². The van der Waals surface area contributed by atoms with Gasteiger partial charge in [0.15, 0.2) is 0 Å². The largest absolute Gasteiger partial charge is 0.467 e. The molecule has 1 aromatic heterocycles. The van der Waals surface area contributed by atoms with Crippen LogP contribution >= 0.6 is 0 Å². The number of amides is 1. The highest BCUT2D eigenvalue weighted by Gasteiger charge is 2.38. The topological polar surface area (TPSA) is 69.0 Å². The second-order valence-electron chi connectivity index (χ2n) is 6.30. The molecule has 136 valence electrons. The Balaban J connectivity index is 1.81. The first-order chi connectivity index (χ1) is 12.3. The summed E-state index contributed by atoms with van der Waals surface area (Å²) in [6.07, 6.45) is 2.61. The zero-order valence-electron chi connectivity index (χ0n) is 14.4. The fourth-order valence-electron chi connectivity index (χ4n) is 2.51. The second-order valence-corrected chi connectivity index (χ2v) is 6.30. The van der Waals surface area contributed by atoms with Crippen molar-refractivity contribution in [3.63, 3.8) is 0 Å². The monoisotopic (exact) mass is 359 g/mol. The van der Waals surface area contributed by atoms with Crippen LogP contribution in [0, 0.1) is 5.82 Å². The number of furan rings is 1. The minimum Gasteiger partial charge on any atom is -0.467 e. The van der Waals surface area contributed by atoms with E-state index in [1.54, 1.807) is 38.1 Å². The fourth-order valence-corrected chi connectivity index (χ4v) is 2.51. The first-order valence-corrected chi connectivity index (χ1v) is 8.02. The number of hydrogen-bond donors (Lipinski definition) is 0. The van der Waals surface area contributed by atoms with Crippen LogP contribution in [0.4, 0.5) is 4.39 Å². The van der Waals surface area contributed by atoms with Crippen LogP contribution in [0.5, 0.6) is 0 Å². The maximum Gasteiger partial charge on any atom is 0.377 e. The van der Waals surface area contributed by atoms with Gasteiger partial charge in [0, 0.05) is 20.4 Å². The summed E-state index contributed by atoms with van der Waals surface area (Å²) in [6, 6.07) is 9.28. The van der Waals surface area contributed by atoms with Crippen molar-refractivity contribution in [2.24, 2.45) is 0 Å². The third kappa shape index (κ3) is 4.30. The van der Waals surface area contributed by atoms with Crippen molar-refractivity contribution in [2.75, 3.05) is 0 Å². The Hall–Kier alpha value is -3.09. The van der Waals surface area contributed by atoms with E-state index in [0.29, 0.717) is 5.76 Å². The van der Waals surface area contributed by atoms with Crippen molar-refractivity contribution in [3.05, 3.63) is 71.6 Å². The molecule has 6 nitrogen and oxygen atoms in total. The van der Waals surface area contributed by atoms with E-state index < -0.39 is 17.7 Å². The molecule has 1 amide bonds. The average molecular weight is 359 g/mol. The molecular formula is C19H18FNO5. The lowest BCUT2D eigenvalue weighted by Gasteiger charge is -2.20. The standard InChI is InChI=1S/C19H18FNO5/c1-19(2)25-16(18(23)26-19)10-17(22)21(12-15-4-3-9-24-15)11-13-5-7-14(20)8-6-13/h3-10H,11-12H2,1-2H3/b16-10-. The molecule has 0 spiro atoms. The zero-order chi connectivity index (χ0) is 18.7. The molecule has 0 saturated carbocycles. The highest BCUT2D eigenvalue weighted by atomic mass is 19.1. The highest BCUT2D eigenvalue weighted by Crippen LogP contribution is 2.26. The summed E-state index contributed by atoms with van der Waals surface area (Å²) < 4.78 is 28.8. The van der Waals surface area contributed by atoms with E-state index in [9.17, 15) is 14.0 Å². The van der Waals surface area contributed by atoms with Gasteiger partial charge in [-0.15, -0.1) is 0 Å². The summed E-state index contributed by atoms with van der Waals surface area (Å²) >= 11 is 0. The summed E-state index contributed by atoms with van der Waals surface area (Å²) in [5.41, 5.74) is 0.736. The Morgan fingerprint density at radius 2 is 1.88 bits per heavy atom. The van der Waals surface area contributed by atoms with Crippen molar-refractivity contribution in [1.82, 2.24) is 4.90 Å². The zero-order valence-corrected chi connectivity index (χ0v) is 14.4. The van der Waals surface area contributed by atoms with Gasteiger partial charge < -0.3 is 18.8 Å². The summed E-state index contributed by atoms with van der Waals surface area (Å²) in [5, 5.41) is 0. The number of cyclic esters (lactones) is 1. The van der Waals surface area contributed by atoms with Gasteiger partial charge in [0.05, 0.1) is 18.9 Å². The molecule has 1 fully saturated rings. The van der Waals surface area contributed by atoms with Crippen molar-refractivity contribution in [2.45, 2.75) is 32.7 Å². The normalized spacial score (nSPS) is 17.0. The van der Waals surface area contributed by atoms with E-state index in [-0.39, 0.29) is 24.7 Å². The van der Waals surface area contributed by atoms with Crippen LogP contribution in [0.3, 0.4) is 0 Å². The van der Waals surface area contributed by atoms with Crippen LogP contribution in [-0.2, 0) is 32.2 Å². The molecule has 26 heavy (non-hydrogen) atoms. The van der Waals surface area contributed by atoms with Gasteiger partial charge in [-0.3, -0.25) is 4.79 Å². The maximum absolute atomic E-state index is 13.1. The van der Waals surface area contributed by atoms with Crippen LogP contribution in [0.25, 0.3) is 0 Å². The van der Waals surface area contributed by atoms with Crippen molar-refractivity contribution in [3.8, 4) is 0 Å². The van der Waals surface area contributed by atoms with E-state index in [1.165, 1.54) is 23.3 Å². The molecule has 2 aromatic rings. The minimum absolute atomic E-state index is 0.149. The smallest absolute Gasteiger partial charge is 0.377 e. The third-order valence-electron chi connectivity index (χ3n) is 3.68. The number of benzene rings is 1. The first kappa shape index (κ1) is 17.7. The van der Waals surface area contributed by atoms with E-state index in [0.717, 1.165) is 11.6 Å².